The SMILES string of the molecule is NCCCN(c1cccc(F)c1)S(=O)(=O)C1CCCCC1. The summed E-state index contributed by atoms with van der Waals surface area (Å²) in [6.07, 6.45) is 4.92. The number of halogens is 1. The Morgan fingerprint density at radius 2 is 1.95 bits per heavy atom. The predicted octanol–water partition coefficient (Wildman–Crippen LogP) is 2.64. The molecule has 0 atom stereocenters. The lowest BCUT2D eigenvalue weighted by molar-refractivity contribution is 0.481. The summed E-state index contributed by atoms with van der Waals surface area (Å²) in [5.74, 6) is -0.427. The number of hydrogen-bond acceptors (Lipinski definition) is 3. The molecule has 6 heteroatoms. The largest absolute Gasteiger partial charge is 0.330 e. The molecular formula is C15H23FN2O2S. The van der Waals surface area contributed by atoms with Gasteiger partial charge < -0.3 is 5.73 Å². The van der Waals surface area contributed by atoms with Crippen molar-refractivity contribution in [3.8, 4) is 0 Å². The Bertz CT molecular complexity index is 557. The molecule has 0 unspecified atom stereocenters. The monoisotopic (exact) mass is 314 g/mol. The molecule has 0 bridgehead atoms. The molecule has 0 aromatic heterocycles. The smallest absolute Gasteiger partial charge is 0.238 e. The van der Waals surface area contributed by atoms with E-state index in [4.69, 9.17) is 5.73 Å². The maximum atomic E-state index is 13.4. The lowest BCUT2D eigenvalue weighted by Crippen LogP contribution is -2.41. The molecule has 1 saturated carbocycles. The van der Waals surface area contributed by atoms with E-state index in [9.17, 15) is 12.8 Å². The molecule has 2 N–H and O–H groups in total. The summed E-state index contributed by atoms with van der Waals surface area (Å²) < 4.78 is 40.5. The molecule has 1 aliphatic carbocycles. The van der Waals surface area contributed by atoms with E-state index in [0.29, 0.717) is 38.0 Å². The molecule has 4 nitrogen and oxygen atoms in total. The number of benzene rings is 1. The number of nitrogens with two attached hydrogens (primary N) is 1. The van der Waals surface area contributed by atoms with Gasteiger partial charge in [-0.1, -0.05) is 25.3 Å². The predicted molar refractivity (Wildman–Crippen MR) is 83.2 cm³/mol. The standard InChI is InChI=1S/C15H23FN2O2S/c16-13-6-4-7-14(12-13)18(11-5-10-17)21(19,20)15-8-2-1-3-9-15/h4,6-7,12,15H,1-3,5,8-11,17H2. The maximum Gasteiger partial charge on any atom is 0.238 e. The van der Waals surface area contributed by atoms with Crippen LogP contribution < -0.4 is 10.0 Å². The molecule has 1 fully saturated rings. The van der Waals surface area contributed by atoms with E-state index in [1.807, 2.05) is 0 Å². The summed E-state index contributed by atoms with van der Waals surface area (Å²) in [6, 6.07) is 5.77. The molecule has 0 aliphatic heterocycles. The zero-order chi connectivity index (χ0) is 15.3. The van der Waals surface area contributed by atoms with Crippen molar-refractivity contribution < 1.29 is 12.8 Å². The first-order valence-electron chi connectivity index (χ1n) is 7.53. The summed E-state index contributed by atoms with van der Waals surface area (Å²) in [5, 5.41) is -0.354. The molecule has 21 heavy (non-hydrogen) atoms. The topological polar surface area (TPSA) is 63.4 Å². The van der Waals surface area contributed by atoms with Gasteiger partial charge in [-0.2, -0.15) is 0 Å². The quantitative estimate of drug-likeness (QED) is 0.878. The zero-order valence-corrected chi connectivity index (χ0v) is 13.0. The van der Waals surface area contributed by atoms with Crippen molar-refractivity contribution in [1.82, 2.24) is 0 Å². The Labute approximate surface area is 126 Å². The van der Waals surface area contributed by atoms with E-state index in [1.54, 1.807) is 6.07 Å². The van der Waals surface area contributed by atoms with Gasteiger partial charge in [-0.3, -0.25) is 4.31 Å². The van der Waals surface area contributed by atoms with Gasteiger partial charge in [0, 0.05) is 6.54 Å². The van der Waals surface area contributed by atoms with Gasteiger partial charge in [0.1, 0.15) is 5.82 Å². The van der Waals surface area contributed by atoms with Crippen molar-refractivity contribution in [2.24, 2.45) is 5.73 Å². The summed E-state index contributed by atoms with van der Waals surface area (Å²) in [6.45, 7) is 0.713. The number of hydrogen-bond donors (Lipinski definition) is 1. The lowest BCUT2D eigenvalue weighted by Gasteiger charge is -2.31. The Kier molecular flexibility index (Phi) is 5.58. The Morgan fingerprint density at radius 3 is 2.57 bits per heavy atom. The van der Waals surface area contributed by atoms with Gasteiger partial charge in [0.2, 0.25) is 10.0 Å². The second-order valence-corrected chi connectivity index (χ2v) is 7.64. The fourth-order valence-corrected chi connectivity index (χ4v) is 4.89. The van der Waals surface area contributed by atoms with Crippen molar-refractivity contribution in [3.05, 3.63) is 30.1 Å². The highest BCUT2D eigenvalue weighted by atomic mass is 32.2. The minimum absolute atomic E-state index is 0.304. The molecule has 0 saturated heterocycles. The van der Waals surface area contributed by atoms with Crippen molar-refractivity contribution in [2.45, 2.75) is 43.8 Å². The Balaban J connectivity index is 2.30. The maximum absolute atomic E-state index is 13.4. The van der Waals surface area contributed by atoms with Gasteiger partial charge in [0.15, 0.2) is 0 Å². The van der Waals surface area contributed by atoms with Crippen LogP contribution in [0.25, 0.3) is 0 Å². The molecule has 1 aromatic rings. The van der Waals surface area contributed by atoms with Gasteiger partial charge in [-0.25, -0.2) is 12.8 Å². The van der Waals surface area contributed by atoms with Gasteiger partial charge in [0.05, 0.1) is 10.9 Å². The van der Waals surface area contributed by atoms with Crippen LogP contribution in [0.2, 0.25) is 0 Å². The summed E-state index contributed by atoms with van der Waals surface area (Å²) in [7, 11) is -3.46. The Morgan fingerprint density at radius 1 is 1.24 bits per heavy atom. The number of anilines is 1. The van der Waals surface area contributed by atoms with Crippen LogP contribution >= 0.6 is 0 Å². The van der Waals surface area contributed by atoms with Gasteiger partial charge in [-0.05, 0) is 44.0 Å². The second kappa shape index (κ2) is 7.22. The minimum Gasteiger partial charge on any atom is -0.330 e. The van der Waals surface area contributed by atoms with E-state index in [0.717, 1.165) is 19.3 Å². The van der Waals surface area contributed by atoms with E-state index >= 15 is 0 Å². The van der Waals surface area contributed by atoms with Crippen molar-refractivity contribution in [1.29, 1.82) is 0 Å². The number of nitrogens with zero attached hydrogens (tertiary/aromatic N) is 1. The van der Waals surface area contributed by atoms with E-state index < -0.39 is 15.8 Å². The van der Waals surface area contributed by atoms with Crippen LogP contribution in [-0.4, -0.2) is 26.8 Å². The number of rotatable bonds is 6. The minimum atomic E-state index is -3.46. The lowest BCUT2D eigenvalue weighted by atomic mass is 10.0. The van der Waals surface area contributed by atoms with Crippen LogP contribution in [0.5, 0.6) is 0 Å². The average Bonchev–Trinajstić information content (AvgIpc) is 2.48. The first-order chi connectivity index (χ1) is 10.1. The zero-order valence-electron chi connectivity index (χ0n) is 12.2. The third-order valence-corrected chi connectivity index (χ3v) is 6.26. The van der Waals surface area contributed by atoms with Crippen molar-refractivity contribution in [3.63, 3.8) is 0 Å². The van der Waals surface area contributed by atoms with Gasteiger partial charge in [-0.15, -0.1) is 0 Å². The van der Waals surface area contributed by atoms with E-state index in [-0.39, 0.29) is 5.25 Å². The number of sulfonamides is 1. The molecular weight excluding hydrogens is 291 g/mol. The first kappa shape index (κ1) is 16.2. The molecule has 0 heterocycles. The highest BCUT2D eigenvalue weighted by Gasteiger charge is 2.33. The van der Waals surface area contributed by atoms with Gasteiger partial charge in [0.25, 0.3) is 0 Å². The second-order valence-electron chi connectivity index (χ2n) is 5.50. The van der Waals surface area contributed by atoms with E-state index in [2.05, 4.69) is 0 Å². The van der Waals surface area contributed by atoms with Crippen molar-refractivity contribution in [2.75, 3.05) is 17.4 Å². The fraction of sp³-hybridized carbons (Fsp3) is 0.600. The third-order valence-electron chi connectivity index (χ3n) is 3.94. The third kappa shape index (κ3) is 3.95. The Hall–Kier alpha value is -1.14. The van der Waals surface area contributed by atoms with Crippen LogP contribution in [0.15, 0.2) is 24.3 Å². The van der Waals surface area contributed by atoms with E-state index in [1.165, 1.54) is 22.5 Å². The summed E-state index contributed by atoms with van der Waals surface area (Å²) in [4.78, 5) is 0. The molecule has 118 valence electrons. The van der Waals surface area contributed by atoms with Gasteiger partial charge >= 0.3 is 0 Å². The molecule has 1 aliphatic rings. The van der Waals surface area contributed by atoms with Crippen LogP contribution in [0, 0.1) is 5.82 Å². The summed E-state index contributed by atoms with van der Waals surface area (Å²) in [5.41, 5.74) is 5.91. The molecule has 0 spiro atoms. The van der Waals surface area contributed by atoms with Crippen LogP contribution in [0.3, 0.4) is 0 Å². The molecule has 0 radical (unpaired) electrons. The highest BCUT2D eigenvalue weighted by molar-refractivity contribution is 7.93. The fourth-order valence-electron chi connectivity index (χ4n) is 2.81. The van der Waals surface area contributed by atoms with Crippen molar-refractivity contribution >= 4 is 15.7 Å². The average molecular weight is 314 g/mol. The first-order valence-corrected chi connectivity index (χ1v) is 9.03. The summed E-state index contributed by atoms with van der Waals surface area (Å²) >= 11 is 0. The van der Waals surface area contributed by atoms with Crippen LogP contribution in [-0.2, 0) is 10.0 Å². The normalized spacial score (nSPS) is 16.9. The molecule has 1 aromatic carbocycles. The molecule has 0 amide bonds. The molecule has 2 rings (SSSR count). The van der Waals surface area contributed by atoms with Crippen LogP contribution in [0.1, 0.15) is 38.5 Å². The van der Waals surface area contributed by atoms with Crippen LogP contribution in [0.4, 0.5) is 10.1 Å². The highest BCUT2D eigenvalue weighted by Crippen LogP contribution is 2.29.